The summed E-state index contributed by atoms with van der Waals surface area (Å²) in [7, 11) is 3.17. The molecule has 0 unspecified atom stereocenters. The number of nitrogens with one attached hydrogen (secondary N) is 2. The minimum Gasteiger partial charge on any atom is -0.493 e. The summed E-state index contributed by atoms with van der Waals surface area (Å²) >= 11 is 1.58. The molecule has 1 atom stereocenters. The molecule has 0 aliphatic carbocycles. The molecule has 3 amide bonds. The molecule has 1 aliphatic rings. The van der Waals surface area contributed by atoms with Crippen molar-refractivity contribution >= 4 is 35.2 Å². The highest BCUT2D eigenvalue weighted by Crippen LogP contribution is 2.39. The van der Waals surface area contributed by atoms with E-state index in [-0.39, 0.29) is 23.1 Å². The maximum atomic E-state index is 13.2. The molecule has 0 saturated carbocycles. The third-order valence-corrected chi connectivity index (χ3v) is 8.44. The van der Waals surface area contributed by atoms with E-state index in [2.05, 4.69) is 10.6 Å². The third-order valence-electron chi connectivity index (χ3n) is 7.19. The number of nitrogens with zero attached hydrogens (tertiary/aromatic N) is 1. The van der Waals surface area contributed by atoms with E-state index in [1.807, 2.05) is 65.6 Å². The zero-order chi connectivity index (χ0) is 30.2. The Bertz CT molecular complexity index is 1590. The first kappa shape index (κ1) is 29.7. The van der Waals surface area contributed by atoms with Gasteiger partial charge in [0.1, 0.15) is 5.37 Å². The second kappa shape index (κ2) is 13.9. The van der Waals surface area contributed by atoms with E-state index in [0.717, 1.165) is 16.7 Å². The molecule has 43 heavy (non-hydrogen) atoms. The van der Waals surface area contributed by atoms with Crippen LogP contribution < -0.4 is 20.1 Å². The number of carbonyl (C=O) groups is 3. The van der Waals surface area contributed by atoms with Crippen molar-refractivity contribution in [3.05, 3.63) is 125 Å². The minimum atomic E-state index is -0.326. The molecular formula is C34H33N3O5S. The molecule has 8 nitrogen and oxygen atoms in total. The van der Waals surface area contributed by atoms with Crippen LogP contribution in [-0.2, 0) is 17.8 Å². The highest BCUT2D eigenvalue weighted by Gasteiger charge is 2.32. The number of thioether (sulfide) groups is 1. The van der Waals surface area contributed by atoms with E-state index in [4.69, 9.17) is 9.47 Å². The van der Waals surface area contributed by atoms with Crippen molar-refractivity contribution in [2.24, 2.45) is 0 Å². The predicted molar refractivity (Wildman–Crippen MR) is 169 cm³/mol. The molecule has 1 saturated heterocycles. The zero-order valence-corrected chi connectivity index (χ0v) is 24.9. The van der Waals surface area contributed by atoms with E-state index in [9.17, 15) is 14.4 Å². The van der Waals surface area contributed by atoms with Gasteiger partial charge in [-0.05, 0) is 59.5 Å². The fourth-order valence-electron chi connectivity index (χ4n) is 4.92. The van der Waals surface area contributed by atoms with Gasteiger partial charge in [0.05, 0.1) is 31.2 Å². The van der Waals surface area contributed by atoms with E-state index >= 15 is 0 Å². The van der Waals surface area contributed by atoms with Crippen LogP contribution in [0.2, 0.25) is 0 Å². The minimum absolute atomic E-state index is 0.0966. The number of hydrogen-bond acceptors (Lipinski definition) is 6. The third kappa shape index (κ3) is 7.18. The predicted octanol–water partition coefficient (Wildman–Crippen LogP) is 5.70. The van der Waals surface area contributed by atoms with Crippen molar-refractivity contribution in [1.82, 2.24) is 10.2 Å². The molecule has 1 fully saturated rings. The number of amides is 3. The normalized spacial score (nSPS) is 14.3. The lowest BCUT2D eigenvalue weighted by atomic mass is 10.1. The number of hydrogen-bond donors (Lipinski definition) is 2. The van der Waals surface area contributed by atoms with E-state index in [0.29, 0.717) is 53.6 Å². The number of methoxy groups -OCH3 is 2. The Kier molecular flexibility index (Phi) is 9.63. The summed E-state index contributed by atoms with van der Waals surface area (Å²) < 4.78 is 10.6. The summed E-state index contributed by atoms with van der Waals surface area (Å²) in [5.41, 5.74) is 4.27. The molecule has 1 aliphatic heterocycles. The van der Waals surface area contributed by atoms with Gasteiger partial charge in [-0.3, -0.25) is 14.4 Å². The van der Waals surface area contributed by atoms with Gasteiger partial charge in [0.15, 0.2) is 11.5 Å². The zero-order valence-electron chi connectivity index (χ0n) is 24.0. The van der Waals surface area contributed by atoms with Crippen LogP contribution in [0.5, 0.6) is 11.5 Å². The molecule has 0 radical (unpaired) electrons. The maximum Gasteiger partial charge on any atom is 0.255 e. The topological polar surface area (TPSA) is 97.0 Å². The lowest BCUT2D eigenvalue weighted by molar-refractivity contribution is -0.128. The van der Waals surface area contributed by atoms with Crippen molar-refractivity contribution in [3.8, 4) is 11.5 Å². The number of para-hydroxylation sites is 1. The number of ether oxygens (including phenoxy) is 2. The van der Waals surface area contributed by atoms with Gasteiger partial charge in [-0.15, -0.1) is 11.8 Å². The van der Waals surface area contributed by atoms with Crippen molar-refractivity contribution < 1.29 is 23.9 Å². The van der Waals surface area contributed by atoms with Crippen molar-refractivity contribution in [3.63, 3.8) is 0 Å². The van der Waals surface area contributed by atoms with E-state index in [1.165, 1.54) is 0 Å². The summed E-state index contributed by atoms with van der Waals surface area (Å²) in [5.74, 6) is 1.19. The summed E-state index contributed by atoms with van der Waals surface area (Å²) in [5, 5.41) is 5.70. The molecule has 0 spiro atoms. The Morgan fingerprint density at radius 3 is 2.30 bits per heavy atom. The van der Waals surface area contributed by atoms with Gasteiger partial charge in [-0.25, -0.2) is 0 Å². The first-order valence-electron chi connectivity index (χ1n) is 13.9. The van der Waals surface area contributed by atoms with Gasteiger partial charge in [0.2, 0.25) is 5.91 Å². The van der Waals surface area contributed by atoms with Crippen LogP contribution in [0.1, 0.15) is 42.8 Å². The highest BCUT2D eigenvalue weighted by atomic mass is 32.2. The van der Waals surface area contributed by atoms with Crippen molar-refractivity contribution in [2.75, 3.05) is 31.8 Å². The number of anilines is 1. The van der Waals surface area contributed by atoms with Crippen LogP contribution in [0, 0.1) is 0 Å². The molecule has 4 aromatic carbocycles. The second-order valence-electron chi connectivity index (χ2n) is 9.99. The van der Waals surface area contributed by atoms with Gasteiger partial charge < -0.3 is 25.0 Å². The maximum absolute atomic E-state index is 13.2. The lowest BCUT2D eigenvalue weighted by Gasteiger charge is -2.24. The van der Waals surface area contributed by atoms with Crippen LogP contribution in [0.4, 0.5) is 5.69 Å². The average molecular weight is 596 g/mol. The summed E-state index contributed by atoms with van der Waals surface area (Å²) in [6.07, 6.45) is 0.598. The van der Waals surface area contributed by atoms with Gasteiger partial charge in [0, 0.05) is 18.7 Å². The molecule has 0 bridgehead atoms. The van der Waals surface area contributed by atoms with Gasteiger partial charge >= 0.3 is 0 Å². The molecular weight excluding hydrogens is 562 g/mol. The van der Waals surface area contributed by atoms with Gasteiger partial charge in [0.25, 0.3) is 11.8 Å². The molecule has 9 heteroatoms. The highest BCUT2D eigenvalue weighted by molar-refractivity contribution is 8.00. The van der Waals surface area contributed by atoms with Gasteiger partial charge in [-0.2, -0.15) is 0 Å². The Balaban J connectivity index is 1.20. The summed E-state index contributed by atoms with van der Waals surface area (Å²) in [6, 6.07) is 29.7. The first-order valence-corrected chi connectivity index (χ1v) is 15.0. The Labute approximate surface area is 255 Å². The standard InChI is InChI=1S/C34H33N3O5S/c1-41-29-17-12-23(20-30(29)42-2)18-19-35-33(40)27-10-6-7-11-28(27)36-32(39)25-13-15-26(16-14-25)34-37(31(38)22-43-34)21-24-8-4-3-5-9-24/h3-17,20,34H,18-19,21-22H2,1-2H3,(H,35,40)(H,36,39)/t34-/m0/s1. The monoisotopic (exact) mass is 595 g/mol. The lowest BCUT2D eigenvalue weighted by Crippen LogP contribution is -2.27. The Morgan fingerprint density at radius 2 is 1.56 bits per heavy atom. The average Bonchev–Trinajstić information content (AvgIpc) is 3.40. The van der Waals surface area contributed by atoms with Crippen molar-refractivity contribution in [1.29, 1.82) is 0 Å². The SMILES string of the molecule is COc1ccc(CCNC(=O)c2ccccc2NC(=O)c2ccc([C@@H]3SCC(=O)N3Cc3ccccc3)cc2)cc1OC. The first-order chi connectivity index (χ1) is 21.0. The molecule has 220 valence electrons. The van der Waals surface area contributed by atoms with Crippen LogP contribution in [-0.4, -0.2) is 49.1 Å². The second-order valence-corrected chi connectivity index (χ2v) is 11.1. The van der Waals surface area contributed by atoms with Crippen molar-refractivity contribution in [2.45, 2.75) is 18.3 Å². The largest absolute Gasteiger partial charge is 0.493 e. The van der Waals surface area contributed by atoms with Gasteiger partial charge in [-0.1, -0.05) is 60.7 Å². The van der Waals surface area contributed by atoms with E-state index < -0.39 is 0 Å². The Morgan fingerprint density at radius 1 is 0.837 bits per heavy atom. The van der Waals surface area contributed by atoms with Crippen LogP contribution >= 0.6 is 11.8 Å². The fraction of sp³-hybridized carbons (Fsp3) is 0.206. The number of benzene rings is 4. The molecule has 5 rings (SSSR count). The smallest absolute Gasteiger partial charge is 0.255 e. The summed E-state index contributed by atoms with van der Waals surface area (Å²) in [4.78, 5) is 40.7. The molecule has 4 aromatic rings. The van der Waals surface area contributed by atoms with Crippen LogP contribution in [0.3, 0.4) is 0 Å². The quantitative estimate of drug-likeness (QED) is 0.231. The summed E-state index contributed by atoms with van der Waals surface area (Å²) in [6.45, 7) is 0.938. The number of rotatable bonds is 11. The molecule has 2 N–H and O–H groups in total. The van der Waals surface area contributed by atoms with E-state index in [1.54, 1.807) is 62.4 Å². The van der Waals surface area contributed by atoms with Crippen LogP contribution in [0.15, 0.2) is 97.1 Å². The number of carbonyl (C=O) groups excluding carboxylic acids is 3. The molecule has 1 heterocycles. The fourth-order valence-corrected chi connectivity index (χ4v) is 6.10. The molecule has 0 aromatic heterocycles. The Hall–Kier alpha value is -4.76. The van der Waals surface area contributed by atoms with Crippen LogP contribution in [0.25, 0.3) is 0 Å².